The monoisotopic (exact) mass is 322 g/mol. The highest BCUT2D eigenvalue weighted by atomic mass is 16.5. The lowest BCUT2D eigenvalue weighted by Crippen LogP contribution is -2.39. The molecule has 0 aromatic carbocycles. The van der Waals surface area contributed by atoms with E-state index in [1.165, 1.54) is 6.20 Å². The molecule has 1 aliphatic heterocycles. The van der Waals surface area contributed by atoms with Gasteiger partial charge in [0.2, 0.25) is 5.91 Å². The van der Waals surface area contributed by atoms with Crippen LogP contribution in [-0.4, -0.2) is 46.3 Å². The number of hydrogen-bond donors (Lipinski definition) is 1. The van der Waals surface area contributed by atoms with Gasteiger partial charge < -0.3 is 15.4 Å². The highest BCUT2D eigenvalue weighted by molar-refractivity contribution is 5.94. The molecular weight excluding hydrogens is 296 g/mol. The van der Waals surface area contributed by atoms with Gasteiger partial charge in [-0.1, -0.05) is 13.3 Å². The molecule has 1 aromatic rings. The van der Waals surface area contributed by atoms with E-state index in [1.54, 1.807) is 11.6 Å². The molecular formula is C16H26N4O3. The summed E-state index contributed by atoms with van der Waals surface area (Å²) in [4.78, 5) is 25.8. The van der Waals surface area contributed by atoms with E-state index >= 15 is 0 Å². The Bertz CT molecular complexity index is 548. The van der Waals surface area contributed by atoms with E-state index < -0.39 is 5.97 Å². The smallest absolute Gasteiger partial charge is 0.343 e. The second-order valence-corrected chi connectivity index (χ2v) is 5.82. The summed E-state index contributed by atoms with van der Waals surface area (Å²) in [6.07, 6.45) is 5.65. The van der Waals surface area contributed by atoms with Crippen LogP contribution in [0.15, 0.2) is 6.20 Å². The van der Waals surface area contributed by atoms with Crippen molar-refractivity contribution in [3.63, 3.8) is 0 Å². The first-order valence-electron chi connectivity index (χ1n) is 8.36. The van der Waals surface area contributed by atoms with E-state index in [2.05, 4.69) is 12.0 Å². The van der Waals surface area contributed by atoms with E-state index in [-0.39, 0.29) is 11.9 Å². The Labute approximate surface area is 136 Å². The molecule has 128 valence electrons. The average Bonchev–Trinajstić information content (AvgIpc) is 2.94. The lowest BCUT2D eigenvalue weighted by Gasteiger charge is -2.32. The van der Waals surface area contributed by atoms with Gasteiger partial charge in [-0.05, 0) is 26.2 Å². The predicted octanol–water partition coefficient (Wildman–Crippen LogP) is 2.00. The number of nitrogen functional groups attached to an aromatic ring is 1. The zero-order valence-electron chi connectivity index (χ0n) is 14.0. The molecule has 2 heterocycles. The fourth-order valence-corrected chi connectivity index (χ4v) is 2.87. The van der Waals surface area contributed by atoms with Crippen LogP contribution in [0.1, 0.15) is 62.4 Å². The summed E-state index contributed by atoms with van der Waals surface area (Å²) in [5.74, 6) is 0.133. The third-order valence-corrected chi connectivity index (χ3v) is 4.24. The standard InChI is InChI=1S/C16H26N4O3/c1-3-5-6-14(21)19-9-7-12(8-10-19)20-15(17)13(11-18-20)16(22)23-4-2/h11-12H,3-10,17H2,1-2H3. The van der Waals surface area contributed by atoms with E-state index in [9.17, 15) is 9.59 Å². The van der Waals surface area contributed by atoms with Crippen LogP contribution in [0.5, 0.6) is 0 Å². The number of hydrogen-bond acceptors (Lipinski definition) is 5. The molecule has 0 saturated carbocycles. The zero-order chi connectivity index (χ0) is 16.8. The highest BCUT2D eigenvalue weighted by Gasteiger charge is 2.27. The Morgan fingerprint density at radius 1 is 1.35 bits per heavy atom. The predicted molar refractivity (Wildman–Crippen MR) is 87.0 cm³/mol. The number of carbonyl (C=O) groups excluding carboxylic acids is 2. The number of amides is 1. The Hall–Kier alpha value is -2.05. The number of likely N-dealkylation sites (tertiary alicyclic amines) is 1. The number of esters is 1. The third kappa shape index (κ3) is 4.03. The van der Waals surface area contributed by atoms with Crippen LogP contribution < -0.4 is 5.73 Å². The van der Waals surface area contributed by atoms with Gasteiger partial charge in [0.05, 0.1) is 18.8 Å². The van der Waals surface area contributed by atoms with Crippen molar-refractivity contribution in [2.45, 2.75) is 52.0 Å². The summed E-state index contributed by atoms with van der Waals surface area (Å²) in [5, 5.41) is 4.25. The summed E-state index contributed by atoms with van der Waals surface area (Å²) in [6.45, 7) is 5.56. The molecule has 2 rings (SSSR count). The third-order valence-electron chi connectivity index (χ3n) is 4.24. The first-order valence-corrected chi connectivity index (χ1v) is 8.36. The van der Waals surface area contributed by atoms with Crippen molar-refractivity contribution in [2.75, 3.05) is 25.4 Å². The summed E-state index contributed by atoms with van der Waals surface area (Å²) >= 11 is 0. The summed E-state index contributed by atoms with van der Waals surface area (Å²) in [5.41, 5.74) is 6.36. The molecule has 1 fully saturated rings. The molecule has 0 unspecified atom stereocenters. The molecule has 2 N–H and O–H groups in total. The molecule has 1 aromatic heterocycles. The fraction of sp³-hybridized carbons (Fsp3) is 0.688. The molecule has 0 bridgehead atoms. The van der Waals surface area contributed by atoms with Gasteiger partial charge in [0.1, 0.15) is 11.4 Å². The van der Waals surface area contributed by atoms with Crippen molar-refractivity contribution in [1.82, 2.24) is 14.7 Å². The maximum Gasteiger partial charge on any atom is 0.343 e. The van der Waals surface area contributed by atoms with Crippen molar-refractivity contribution in [3.8, 4) is 0 Å². The quantitative estimate of drug-likeness (QED) is 0.809. The lowest BCUT2D eigenvalue weighted by molar-refractivity contribution is -0.132. The number of rotatable bonds is 6. The van der Waals surface area contributed by atoms with Crippen LogP contribution in [0.4, 0.5) is 5.82 Å². The maximum absolute atomic E-state index is 12.1. The average molecular weight is 322 g/mol. The zero-order valence-corrected chi connectivity index (χ0v) is 14.0. The van der Waals surface area contributed by atoms with Crippen molar-refractivity contribution in [1.29, 1.82) is 0 Å². The molecule has 0 spiro atoms. The molecule has 1 amide bonds. The molecule has 0 radical (unpaired) electrons. The van der Waals surface area contributed by atoms with E-state index in [4.69, 9.17) is 10.5 Å². The minimum Gasteiger partial charge on any atom is -0.462 e. The number of aromatic nitrogens is 2. The van der Waals surface area contributed by atoms with Crippen molar-refractivity contribution < 1.29 is 14.3 Å². The first-order chi connectivity index (χ1) is 11.1. The van der Waals surface area contributed by atoms with E-state index in [1.807, 2.05) is 4.90 Å². The van der Waals surface area contributed by atoms with Crippen molar-refractivity contribution in [3.05, 3.63) is 11.8 Å². The highest BCUT2D eigenvalue weighted by Crippen LogP contribution is 2.26. The summed E-state index contributed by atoms with van der Waals surface area (Å²) < 4.78 is 6.66. The summed E-state index contributed by atoms with van der Waals surface area (Å²) in [7, 11) is 0. The van der Waals surface area contributed by atoms with Crippen LogP contribution in [0.3, 0.4) is 0 Å². The second kappa shape index (κ2) is 7.99. The van der Waals surface area contributed by atoms with Gasteiger partial charge in [0.15, 0.2) is 0 Å². The number of anilines is 1. The van der Waals surface area contributed by atoms with Crippen LogP contribution in [0.2, 0.25) is 0 Å². The number of piperidine rings is 1. The van der Waals surface area contributed by atoms with Crippen LogP contribution in [0.25, 0.3) is 0 Å². The molecule has 23 heavy (non-hydrogen) atoms. The largest absolute Gasteiger partial charge is 0.462 e. The minimum absolute atomic E-state index is 0.119. The van der Waals surface area contributed by atoms with Crippen molar-refractivity contribution >= 4 is 17.7 Å². The lowest BCUT2D eigenvalue weighted by atomic mass is 10.0. The fourth-order valence-electron chi connectivity index (χ4n) is 2.87. The topological polar surface area (TPSA) is 90.5 Å². The van der Waals surface area contributed by atoms with E-state index in [0.29, 0.717) is 37.5 Å². The van der Waals surface area contributed by atoms with Gasteiger partial charge in [0, 0.05) is 19.5 Å². The normalized spacial score (nSPS) is 15.7. The SMILES string of the molecule is CCCCC(=O)N1CCC(n2ncc(C(=O)OCC)c2N)CC1. The first kappa shape index (κ1) is 17.3. The summed E-state index contributed by atoms with van der Waals surface area (Å²) in [6, 6.07) is 0.119. The van der Waals surface area contributed by atoms with Gasteiger partial charge in [-0.3, -0.25) is 4.79 Å². The van der Waals surface area contributed by atoms with Gasteiger partial charge in [-0.15, -0.1) is 0 Å². The van der Waals surface area contributed by atoms with Crippen LogP contribution >= 0.6 is 0 Å². The van der Waals surface area contributed by atoms with Crippen LogP contribution in [-0.2, 0) is 9.53 Å². The number of carbonyl (C=O) groups is 2. The molecule has 0 atom stereocenters. The minimum atomic E-state index is -0.441. The molecule has 7 heteroatoms. The number of nitrogens with two attached hydrogens (primary N) is 1. The van der Waals surface area contributed by atoms with Gasteiger partial charge in [-0.25, -0.2) is 9.48 Å². The van der Waals surface area contributed by atoms with Gasteiger partial charge >= 0.3 is 5.97 Å². The Morgan fingerprint density at radius 2 is 2.04 bits per heavy atom. The Kier molecular flexibility index (Phi) is 6.01. The Morgan fingerprint density at radius 3 is 2.65 bits per heavy atom. The van der Waals surface area contributed by atoms with Crippen LogP contribution in [0, 0.1) is 0 Å². The van der Waals surface area contributed by atoms with Gasteiger partial charge in [0.25, 0.3) is 0 Å². The van der Waals surface area contributed by atoms with Gasteiger partial charge in [-0.2, -0.15) is 5.10 Å². The Balaban J connectivity index is 1.95. The second-order valence-electron chi connectivity index (χ2n) is 5.82. The maximum atomic E-state index is 12.1. The number of unbranched alkanes of at least 4 members (excludes halogenated alkanes) is 1. The van der Waals surface area contributed by atoms with Crippen molar-refractivity contribution in [2.24, 2.45) is 0 Å². The van der Waals surface area contributed by atoms with E-state index in [0.717, 1.165) is 25.7 Å². The number of ether oxygens (including phenoxy) is 1. The molecule has 1 saturated heterocycles. The molecule has 7 nitrogen and oxygen atoms in total. The molecule has 0 aliphatic carbocycles. The number of nitrogens with zero attached hydrogens (tertiary/aromatic N) is 3. The molecule has 1 aliphatic rings.